The van der Waals surface area contributed by atoms with Crippen molar-refractivity contribution >= 4 is 11.0 Å². The highest BCUT2D eigenvalue weighted by atomic mass is 16.3. The van der Waals surface area contributed by atoms with Crippen LogP contribution in [0.5, 0.6) is 0 Å². The summed E-state index contributed by atoms with van der Waals surface area (Å²) in [7, 11) is 0. The first kappa shape index (κ1) is 12.3. The van der Waals surface area contributed by atoms with Gasteiger partial charge in [0.15, 0.2) is 0 Å². The van der Waals surface area contributed by atoms with Crippen LogP contribution in [0.2, 0.25) is 0 Å². The fourth-order valence-electron chi connectivity index (χ4n) is 2.72. The average molecular weight is 264 g/mol. The lowest BCUT2D eigenvalue weighted by Gasteiger charge is -2.15. The summed E-state index contributed by atoms with van der Waals surface area (Å²) in [5.74, 6) is -0.0676. The van der Waals surface area contributed by atoms with Crippen molar-refractivity contribution in [3.05, 3.63) is 28.4 Å². The zero-order valence-electron chi connectivity index (χ0n) is 10.4. The minimum Gasteiger partial charge on any atom is -0.395 e. The van der Waals surface area contributed by atoms with Crippen molar-refractivity contribution in [1.82, 2.24) is 20.3 Å². The number of aromatic nitrogens is 3. The summed E-state index contributed by atoms with van der Waals surface area (Å²) in [6.07, 6.45) is 2.40. The Morgan fingerprint density at radius 3 is 2.89 bits per heavy atom. The molecule has 2 aromatic rings. The number of rotatable bonds is 2. The van der Waals surface area contributed by atoms with Gasteiger partial charge in [-0.05, 0) is 0 Å². The van der Waals surface area contributed by atoms with Crippen LogP contribution in [-0.4, -0.2) is 43.9 Å². The van der Waals surface area contributed by atoms with Gasteiger partial charge < -0.3 is 25.5 Å². The van der Waals surface area contributed by atoms with Crippen molar-refractivity contribution < 1.29 is 10.2 Å². The summed E-state index contributed by atoms with van der Waals surface area (Å²) < 4.78 is 0. The van der Waals surface area contributed by atoms with Crippen LogP contribution in [0.15, 0.2) is 17.3 Å². The second-order valence-electron chi connectivity index (χ2n) is 4.98. The Hall–Kier alpha value is -1.70. The Morgan fingerprint density at radius 1 is 1.42 bits per heavy atom. The molecule has 7 nitrogen and oxygen atoms in total. The van der Waals surface area contributed by atoms with Gasteiger partial charge in [0, 0.05) is 23.7 Å². The molecule has 0 radical (unpaired) electrons. The number of nitrogens with one attached hydrogen (secondary N) is 3. The third kappa shape index (κ3) is 1.78. The highest BCUT2D eigenvalue weighted by molar-refractivity contribution is 5.78. The maximum atomic E-state index is 11.6. The fourth-order valence-corrected chi connectivity index (χ4v) is 2.72. The lowest BCUT2D eigenvalue weighted by molar-refractivity contribution is 0.113. The maximum absolute atomic E-state index is 11.6. The molecule has 3 rings (SSSR count). The SMILES string of the molecule is C[C@H]1[C@@H](O)[C@H](c2c[nH]c3c(=O)[nH]cnc23)N[C@@H]1CO. The van der Waals surface area contributed by atoms with Gasteiger partial charge in [-0.25, -0.2) is 4.98 Å². The zero-order valence-corrected chi connectivity index (χ0v) is 10.4. The van der Waals surface area contributed by atoms with Crippen LogP contribution in [0, 0.1) is 5.92 Å². The second kappa shape index (κ2) is 4.44. The minimum absolute atomic E-state index is 0.0366. The molecule has 3 heterocycles. The van der Waals surface area contributed by atoms with Gasteiger partial charge in [0.25, 0.3) is 5.56 Å². The normalized spacial score (nSPS) is 31.1. The molecule has 4 atom stereocenters. The monoisotopic (exact) mass is 264 g/mol. The van der Waals surface area contributed by atoms with E-state index in [0.29, 0.717) is 11.0 Å². The van der Waals surface area contributed by atoms with E-state index in [1.54, 1.807) is 6.20 Å². The Labute approximate surface area is 108 Å². The van der Waals surface area contributed by atoms with Crippen molar-refractivity contribution in [2.75, 3.05) is 6.61 Å². The van der Waals surface area contributed by atoms with E-state index in [1.165, 1.54) is 6.33 Å². The number of aliphatic hydroxyl groups is 2. The quantitative estimate of drug-likeness (QED) is 0.490. The molecule has 7 heteroatoms. The van der Waals surface area contributed by atoms with E-state index >= 15 is 0 Å². The van der Waals surface area contributed by atoms with Crippen LogP contribution in [-0.2, 0) is 0 Å². The number of hydrogen-bond acceptors (Lipinski definition) is 5. The van der Waals surface area contributed by atoms with Gasteiger partial charge in [0.2, 0.25) is 0 Å². The molecule has 102 valence electrons. The molecule has 2 aromatic heterocycles. The number of hydrogen-bond donors (Lipinski definition) is 5. The predicted molar refractivity (Wildman–Crippen MR) is 68.6 cm³/mol. The Balaban J connectivity index is 2.06. The van der Waals surface area contributed by atoms with Gasteiger partial charge in [0.05, 0.1) is 25.1 Å². The van der Waals surface area contributed by atoms with E-state index in [4.69, 9.17) is 0 Å². The summed E-state index contributed by atoms with van der Waals surface area (Å²) in [6, 6.07) is -0.498. The number of aromatic amines is 2. The molecule has 0 spiro atoms. The first-order chi connectivity index (χ1) is 9.13. The average Bonchev–Trinajstić information content (AvgIpc) is 2.94. The largest absolute Gasteiger partial charge is 0.395 e. The molecule has 19 heavy (non-hydrogen) atoms. The molecule has 1 aliphatic rings. The third-order valence-electron chi connectivity index (χ3n) is 3.94. The highest BCUT2D eigenvalue weighted by Gasteiger charge is 2.40. The zero-order chi connectivity index (χ0) is 13.6. The Bertz CT molecular complexity index is 650. The smallest absolute Gasteiger partial charge is 0.275 e. The van der Waals surface area contributed by atoms with Gasteiger partial charge in [-0.1, -0.05) is 6.92 Å². The van der Waals surface area contributed by atoms with E-state index in [2.05, 4.69) is 20.3 Å². The molecule has 0 aromatic carbocycles. The summed E-state index contributed by atoms with van der Waals surface area (Å²) in [6.45, 7) is 1.85. The van der Waals surface area contributed by atoms with Gasteiger partial charge in [-0.2, -0.15) is 0 Å². The summed E-state index contributed by atoms with van der Waals surface area (Å²) in [5.41, 5.74) is 1.45. The fraction of sp³-hybridized carbons (Fsp3) is 0.500. The number of fused-ring (bicyclic) bond motifs is 1. The number of aliphatic hydroxyl groups excluding tert-OH is 2. The van der Waals surface area contributed by atoms with Crippen LogP contribution in [0.4, 0.5) is 0 Å². The lowest BCUT2D eigenvalue weighted by Crippen LogP contribution is -2.30. The third-order valence-corrected chi connectivity index (χ3v) is 3.94. The van der Waals surface area contributed by atoms with Gasteiger partial charge in [-0.15, -0.1) is 0 Å². The predicted octanol–water partition coefficient (Wildman–Crippen LogP) is -0.747. The summed E-state index contributed by atoms with van der Waals surface area (Å²) >= 11 is 0. The lowest BCUT2D eigenvalue weighted by atomic mass is 9.96. The van der Waals surface area contributed by atoms with Crippen molar-refractivity contribution in [2.24, 2.45) is 5.92 Å². The standard InChI is InChI=1S/C12H16N4O3/c1-5-7(3-17)16-9(11(5)18)6-2-13-10-8(6)14-4-15-12(10)19/h2,4-5,7,9,11,13,16-18H,3H2,1H3,(H,14,15,19)/t5-,7-,9+,11-/m1/s1. The van der Waals surface area contributed by atoms with Gasteiger partial charge in [0.1, 0.15) is 11.0 Å². The molecule has 0 bridgehead atoms. The van der Waals surface area contributed by atoms with Crippen molar-refractivity contribution in [1.29, 1.82) is 0 Å². The number of H-pyrrole nitrogens is 2. The first-order valence-electron chi connectivity index (χ1n) is 6.23. The molecular formula is C12H16N4O3. The molecule has 0 saturated carbocycles. The number of nitrogens with zero attached hydrogens (tertiary/aromatic N) is 1. The molecule has 0 amide bonds. The Kier molecular flexibility index (Phi) is 2.89. The van der Waals surface area contributed by atoms with Gasteiger partial charge >= 0.3 is 0 Å². The van der Waals surface area contributed by atoms with Crippen LogP contribution in [0.1, 0.15) is 18.5 Å². The van der Waals surface area contributed by atoms with E-state index in [9.17, 15) is 15.0 Å². The molecule has 0 aliphatic carbocycles. The summed E-state index contributed by atoms with van der Waals surface area (Å²) in [4.78, 5) is 21.2. The molecule has 5 N–H and O–H groups in total. The van der Waals surface area contributed by atoms with E-state index < -0.39 is 6.10 Å². The van der Waals surface area contributed by atoms with Crippen molar-refractivity contribution in [3.8, 4) is 0 Å². The van der Waals surface area contributed by atoms with E-state index in [-0.39, 0.29) is 30.2 Å². The van der Waals surface area contributed by atoms with Crippen LogP contribution < -0.4 is 10.9 Å². The molecule has 1 fully saturated rings. The molecular weight excluding hydrogens is 248 g/mol. The van der Waals surface area contributed by atoms with Crippen molar-refractivity contribution in [2.45, 2.75) is 25.1 Å². The van der Waals surface area contributed by atoms with Gasteiger partial charge in [-0.3, -0.25) is 4.79 Å². The summed E-state index contributed by atoms with van der Waals surface area (Å²) in [5, 5.41) is 22.7. The van der Waals surface area contributed by atoms with E-state index in [1.807, 2.05) is 6.92 Å². The first-order valence-corrected chi connectivity index (χ1v) is 6.23. The maximum Gasteiger partial charge on any atom is 0.275 e. The van der Waals surface area contributed by atoms with Crippen LogP contribution in [0.25, 0.3) is 11.0 Å². The minimum atomic E-state index is -0.628. The highest BCUT2D eigenvalue weighted by Crippen LogP contribution is 2.33. The molecule has 1 aliphatic heterocycles. The van der Waals surface area contributed by atoms with Crippen LogP contribution in [0.3, 0.4) is 0 Å². The molecule has 0 unspecified atom stereocenters. The molecule has 1 saturated heterocycles. The van der Waals surface area contributed by atoms with Crippen molar-refractivity contribution in [3.63, 3.8) is 0 Å². The second-order valence-corrected chi connectivity index (χ2v) is 4.98. The van der Waals surface area contributed by atoms with Crippen LogP contribution >= 0.6 is 0 Å². The Morgan fingerprint density at radius 2 is 2.21 bits per heavy atom. The topological polar surface area (TPSA) is 114 Å². The van der Waals surface area contributed by atoms with E-state index in [0.717, 1.165) is 5.56 Å².